The summed E-state index contributed by atoms with van der Waals surface area (Å²) in [5.41, 5.74) is -12.1. The van der Waals surface area contributed by atoms with E-state index in [1.807, 2.05) is 0 Å². The van der Waals surface area contributed by atoms with E-state index in [-0.39, 0.29) is 115 Å². The molecule has 3 aromatic heterocycles. The molecule has 27 heteroatoms. The number of hydrogen-bond donors (Lipinski definition) is 0. The number of fused-ring (bicyclic) bond motifs is 2. The molecule has 7 aromatic carbocycles. The number of halogens is 14. The first-order valence-electron chi connectivity index (χ1n) is 29.1. The largest absolute Gasteiger partial charge is 0.487 e. The molecule has 0 saturated carbocycles. The van der Waals surface area contributed by atoms with Crippen molar-refractivity contribution in [3.8, 4) is 33.7 Å². The quantitative estimate of drug-likeness (QED) is 0.0275. The highest BCUT2D eigenvalue weighted by Gasteiger charge is 2.41. The minimum atomic E-state index is -5.43. The van der Waals surface area contributed by atoms with Crippen LogP contribution in [0.4, 0.5) is 61.3 Å². The number of hydrogen-bond acceptors (Lipinski definition) is 10. The molecule has 0 atom stereocenters. The molecule has 0 unspecified atom stereocenters. The highest BCUT2D eigenvalue weighted by Crippen LogP contribution is 2.50. The number of alkyl halides is 12. The molecular weight excluding hydrogens is 1290 g/mol. The van der Waals surface area contributed by atoms with Crippen LogP contribution in [0, 0.1) is 27.7 Å². The van der Waals surface area contributed by atoms with Crippen LogP contribution in [0.5, 0.6) is 5.75 Å². The van der Waals surface area contributed by atoms with Crippen molar-refractivity contribution in [1.82, 2.24) is 9.05 Å². The van der Waals surface area contributed by atoms with Gasteiger partial charge in [0.15, 0.2) is 0 Å². The van der Waals surface area contributed by atoms with Crippen LogP contribution >= 0.6 is 0 Å². The Morgan fingerprint density at radius 3 is 1.58 bits per heavy atom. The van der Waals surface area contributed by atoms with E-state index in [9.17, 15) is 67.1 Å². The molecule has 1 aliphatic rings. The van der Waals surface area contributed by atoms with Gasteiger partial charge in [-0.1, -0.05) is 30.3 Å². The standard InChI is InChI=1S/C69H48BF14N3O9/c1-9-93-64(91)53-32(5)59(85-34(53)7)58(60-33(6)54(65(92)94-10-2)35(8)87(60)70(83)84)52-30(3)19-44(20-31(52)4)95-51(88)21-36-15-17-43(18-16-36)86-62(89)48-28-46(37-22-39(66(71,72)73)26-40(23-37)67(74,75)76)55-45-13-11-12-14-50(45)96-61-47(29-49(63(86)90)56(48)57(55)61)38-24-41(68(77,78)79)27-42(25-38)69(80,81)82/h11-20,22-29H,9-10,21H2,1-8H3/q-1/b59-58-. The second-order valence-electron chi connectivity index (χ2n) is 22.7. The summed E-state index contributed by atoms with van der Waals surface area (Å²) in [5.74, 6) is -2.56. The first-order chi connectivity index (χ1) is 44.9. The Morgan fingerprint density at radius 1 is 0.573 bits per heavy atom. The molecule has 0 spiro atoms. The molecule has 96 heavy (non-hydrogen) atoms. The van der Waals surface area contributed by atoms with Gasteiger partial charge in [-0.15, -0.1) is 0 Å². The fourth-order valence-electron chi connectivity index (χ4n) is 12.6. The maximum Gasteiger partial charge on any atom is 0.416 e. The molecule has 0 amide bonds. The zero-order valence-electron chi connectivity index (χ0n) is 51.4. The molecule has 0 saturated heterocycles. The molecule has 1 radical (unpaired) electrons. The van der Waals surface area contributed by atoms with Crippen molar-refractivity contribution in [3.05, 3.63) is 214 Å². The number of nitrogens with zero attached hydrogens (tertiary/aromatic N) is 3. The fourth-order valence-corrected chi connectivity index (χ4v) is 12.6. The Balaban J connectivity index is 1.05. The van der Waals surface area contributed by atoms with Crippen LogP contribution < -0.4 is 15.9 Å². The van der Waals surface area contributed by atoms with Gasteiger partial charge >= 0.3 is 50.0 Å². The molecule has 12 nitrogen and oxygen atoms in total. The van der Waals surface area contributed by atoms with E-state index >= 15 is 18.2 Å². The van der Waals surface area contributed by atoms with E-state index < -0.39 is 134 Å². The summed E-state index contributed by atoms with van der Waals surface area (Å²) in [4.78, 5) is 75.6. The summed E-state index contributed by atoms with van der Waals surface area (Å²) in [6.45, 7) is 12.2. The van der Waals surface area contributed by atoms with Crippen LogP contribution in [0.3, 0.4) is 0 Å². The van der Waals surface area contributed by atoms with E-state index in [0.717, 1.165) is 12.1 Å². The topological polar surface area (TPSA) is 148 Å². The van der Waals surface area contributed by atoms with Crippen LogP contribution in [0.1, 0.15) is 99.5 Å². The van der Waals surface area contributed by atoms with E-state index in [2.05, 4.69) is 0 Å². The molecule has 0 fully saturated rings. The van der Waals surface area contributed by atoms with Crippen LogP contribution in [0.2, 0.25) is 0 Å². The zero-order chi connectivity index (χ0) is 69.9. The number of esters is 3. The monoisotopic (exact) mass is 1340 g/mol. The molecule has 10 aromatic rings. The lowest BCUT2D eigenvalue weighted by molar-refractivity contribution is -0.144. The summed E-state index contributed by atoms with van der Waals surface area (Å²) >= 11 is 0. The van der Waals surface area contributed by atoms with Crippen molar-refractivity contribution >= 4 is 80.1 Å². The van der Waals surface area contributed by atoms with Gasteiger partial charge in [-0.3, -0.25) is 19.4 Å². The van der Waals surface area contributed by atoms with E-state index in [4.69, 9.17) is 23.6 Å². The predicted molar refractivity (Wildman–Crippen MR) is 330 cm³/mol. The average Bonchev–Trinajstić information content (AvgIpc) is 0.862. The summed E-state index contributed by atoms with van der Waals surface area (Å²) in [7, 11) is -3.22. The molecule has 0 bridgehead atoms. The van der Waals surface area contributed by atoms with Crippen molar-refractivity contribution in [2.45, 2.75) is 86.5 Å². The summed E-state index contributed by atoms with van der Waals surface area (Å²) < 4.78 is 230. The minimum Gasteiger partial charge on any atom is -0.487 e. The normalized spacial score (nSPS) is 13.9. The van der Waals surface area contributed by atoms with Gasteiger partial charge in [0, 0.05) is 49.1 Å². The number of aromatic nitrogens is 2. The maximum absolute atomic E-state index is 15.4. The lowest BCUT2D eigenvalue weighted by Crippen LogP contribution is -2.32. The number of benzene rings is 7. The number of rotatable bonds is 13. The Labute approximate surface area is 533 Å². The zero-order valence-corrected chi connectivity index (χ0v) is 51.4. The SMILES string of the molecule is CCOC(=O)C1=C(C)/C(=C(\c2c(C)cc(OC(=O)Cc3ccc(-n4c(=O)c5cc(-c6cc(C(F)(F)F)cc(C(F)(F)F)c6)c6oc7ccccc7c7c(-c8cc(C(F)(F)F)cc(C(F)(F)F)c8)cc(c4=O)c5c67)cc3)cc2C)c2c(C)c(C(=O)OCC)c(C)n2[B-](F)F)N=C1C. The lowest BCUT2D eigenvalue weighted by atomic mass is 9.86. The predicted octanol–water partition coefficient (Wildman–Crippen LogP) is 17.5. The summed E-state index contributed by atoms with van der Waals surface area (Å²) in [6, 6.07) is 15.9. The summed E-state index contributed by atoms with van der Waals surface area (Å²) in [5, 5.41) is -2.36. The first-order valence-corrected chi connectivity index (χ1v) is 29.1. The molecular formula is C69H48BF14N3O9-. The molecule has 495 valence electrons. The number of carbonyl (C=O) groups excluding carboxylic acids is 3. The number of para-hydroxylation sites is 1. The number of aliphatic imine (C=N–C) groups is 1. The Bertz CT molecular complexity index is 5060. The number of aryl methyl sites for hydroxylation is 2. The number of allylic oxidation sites excluding steroid dienone is 1. The Kier molecular flexibility index (Phi) is 16.9. The second-order valence-corrected chi connectivity index (χ2v) is 22.7. The molecule has 0 aliphatic carbocycles. The Morgan fingerprint density at radius 2 is 1.07 bits per heavy atom. The molecule has 11 rings (SSSR count). The van der Waals surface area contributed by atoms with Gasteiger partial charge in [-0.05, 0) is 190 Å². The van der Waals surface area contributed by atoms with Crippen molar-refractivity contribution in [2.75, 3.05) is 13.2 Å². The van der Waals surface area contributed by atoms with Crippen LogP contribution in [-0.2, 0) is 50.2 Å². The van der Waals surface area contributed by atoms with Crippen molar-refractivity contribution in [2.24, 2.45) is 4.99 Å². The van der Waals surface area contributed by atoms with Gasteiger partial charge in [0.2, 0.25) is 0 Å². The number of ether oxygens (including phenoxy) is 3. The lowest BCUT2D eigenvalue weighted by Gasteiger charge is -2.25. The van der Waals surface area contributed by atoms with Crippen LogP contribution in [-0.4, -0.2) is 53.3 Å². The van der Waals surface area contributed by atoms with Crippen LogP contribution in [0.15, 0.2) is 145 Å². The molecule has 1 aliphatic heterocycles. The highest BCUT2D eigenvalue weighted by atomic mass is 19.4. The maximum atomic E-state index is 15.4. The number of pyridine rings is 1. The third-order valence-electron chi connectivity index (χ3n) is 16.6. The third-order valence-corrected chi connectivity index (χ3v) is 16.6. The van der Waals surface area contributed by atoms with Gasteiger partial charge in [0.1, 0.15) is 16.9 Å². The second kappa shape index (κ2) is 24.1. The van der Waals surface area contributed by atoms with Gasteiger partial charge in [-0.25, -0.2) is 14.2 Å². The average molecular weight is 1340 g/mol. The van der Waals surface area contributed by atoms with Gasteiger partial charge in [-0.2, -0.15) is 52.7 Å². The first kappa shape index (κ1) is 67.1. The van der Waals surface area contributed by atoms with Crippen molar-refractivity contribution in [1.29, 1.82) is 0 Å². The fraction of sp³-hybridized carbons (Fsp3) is 0.217. The minimum absolute atomic E-state index is 0.00420. The summed E-state index contributed by atoms with van der Waals surface area (Å²) in [6.07, 6.45) is -22.2. The highest BCUT2D eigenvalue weighted by molar-refractivity contribution is 6.42. The number of carbonyl (C=O) groups is 3. The van der Waals surface area contributed by atoms with Crippen molar-refractivity contribution < 1.29 is 94.3 Å². The van der Waals surface area contributed by atoms with Crippen molar-refractivity contribution in [3.63, 3.8) is 0 Å². The van der Waals surface area contributed by atoms with Gasteiger partial charge < -0.3 is 31.7 Å². The van der Waals surface area contributed by atoms with E-state index in [0.29, 0.717) is 50.0 Å². The van der Waals surface area contributed by atoms with E-state index in [1.165, 1.54) is 81.4 Å². The van der Waals surface area contributed by atoms with Gasteiger partial charge in [0.25, 0.3) is 11.1 Å². The van der Waals surface area contributed by atoms with Crippen LogP contribution in [0.25, 0.3) is 77.0 Å². The van der Waals surface area contributed by atoms with E-state index in [1.54, 1.807) is 34.6 Å². The Hall–Kier alpha value is -10.3. The molecule has 0 N–H and O–H groups in total. The smallest absolute Gasteiger partial charge is 0.416 e. The molecule has 4 heterocycles. The third kappa shape index (κ3) is 11.7. The van der Waals surface area contributed by atoms with Gasteiger partial charge in [0.05, 0.1) is 70.1 Å².